The molecule has 1 aromatic rings. The molecular formula is C16H19F2N3O. The number of rotatable bonds is 2. The van der Waals surface area contributed by atoms with E-state index in [2.05, 4.69) is 28.8 Å². The maximum atomic E-state index is 13.2. The molecule has 1 fully saturated rings. The van der Waals surface area contributed by atoms with Gasteiger partial charge < -0.3 is 14.5 Å². The minimum Gasteiger partial charge on any atom is -0.473 e. The quantitative estimate of drug-likeness (QED) is 0.841. The van der Waals surface area contributed by atoms with Crippen molar-refractivity contribution in [1.82, 2.24) is 9.80 Å². The molecule has 118 valence electrons. The number of halogens is 2. The summed E-state index contributed by atoms with van der Waals surface area (Å²) in [6, 6.07) is 4.24. The summed E-state index contributed by atoms with van der Waals surface area (Å²) in [5.74, 6) is -0.0997. The highest BCUT2D eigenvalue weighted by molar-refractivity contribution is 5.88. The maximum Gasteiger partial charge on any atom is 0.214 e. The molecule has 2 aliphatic heterocycles. The highest BCUT2D eigenvalue weighted by atomic mass is 19.2. The van der Waals surface area contributed by atoms with Crippen molar-refractivity contribution in [3.63, 3.8) is 0 Å². The molecule has 0 spiro atoms. The molecule has 0 radical (unpaired) electrons. The van der Waals surface area contributed by atoms with Crippen LogP contribution in [0.15, 0.2) is 35.1 Å². The number of nitrogens with zero attached hydrogens (tertiary/aromatic N) is 3. The number of hydrogen-bond donors (Lipinski definition) is 0. The van der Waals surface area contributed by atoms with Gasteiger partial charge in [0.2, 0.25) is 5.90 Å². The van der Waals surface area contributed by atoms with E-state index in [1.165, 1.54) is 6.07 Å². The monoisotopic (exact) mass is 307 g/mol. The number of ether oxygens (including phenoxy) is 1. The molecule has 0 aliphatic carbocycles. The number of hydrogen-bond acceptors (Lipinski definition) is 4. The second-order valence-corrected chi connectivity index (χ2v) is 5.69. The lowest BCUT2D eigenvalue weighted by Gasteiger charge is -2.43. The SMILES string of the molecule is C[C@@H]1CCN2CN=C(OCc3ccc(F)c(F)c3)C=C2N1C. The molecule has 1 atom stereocenters. The van der Waals surface area contributed by atoms with Crippen molar-refractivity contribution in [1.29, 1.82) is 0 Å². The fourth-order valence-electron chi connectivity index (χ4n) is 2.62. The van der Waals surface area contributed by atoms with Crippen LogP contribution in [0.5, 0.6) is 0 Å². The molecule has 0 aromatic heterocycles. The zero-order valence-corrected chi connectivity index (χ0v) is 12.7. The van der Waals surface area contributed by atoms with Crippen LogP contribution in [0.3, 0.4) is 0 Å². The second kappa shape index (κ2) is 5.94. The summed E-state index contributed by atoms with van der Waals surface area (Å²) < 4.78 is 31.7. The van der Waals surface area contributed by atoms with Gasteiger partial charge in [-0.2, -0.15) is 0 Å². The van der Waals surface area contributed by atoms with Crippen molar-refractivity contribution >= 4 is 5.90 Å². The van der Waals surface area contributed by atoms with E-state index in [0.717, 1.165) is 30.9 Å². The minimum absolute atomic E-state index is 0.166. The van der Waals surface area contributed by atoms with E-state index in [0.29, 0.717) is 24.2 Å². The van der Waals surface area contributed by atoms with Gasteiger partial charge in [0.15, 0.2) is 11.6 Å². The highest BCUT2D eigenvalue weighted by Gasteiger charge is 2.27. The van der Waals surface area contributed by atoms with E-state index in [4.69, 9.17) is 4.74 Å². The van der Waals surface area contributed by atoms with Crippen LogP contribution in [0.25, 0.3) is 0 Å². The molecule has 6 heteroatoms. The lowest BCUT2D eigenvalue weighted by atomic mass is 10.1. The fraction of sp³-hybridized carbons (Fsp3) is 0.438. The van der Waals surface area contributed by atoms with Crippen LogP contribution in [0.1, 0.15) is 18.9 Å². The zero-order chi connectivity index (χ0) is 15.7. The molecule has 2 heterocycles. The summed E-state index contributed by atoms with van der Waals surface area (Å²) in [5.41, 5.74) is 0.577. The van der Waals surface area contributed by atoms with Gasteiger partial charge in [0, 0.05) is 25.7 Å². The van der Waals surface area contributed by atoms with Gasteiger partial charge in [-0.25, -0.2) is 13.8 Å². The normalized spacial score (nSPS) is 21.2. The second-order valence-electron chi connectivity index (χ2n) is 5.69. The summed E-state index contributed by atoms with van der Waals surface area (Å²) in [6.07, 6.45) is 3.01. The molecule has 0 bridgehead atoms. The molecule has 0 unspecified atom stereocenters. The van der Waals surface area contributed by atoms with Crippen LogP contribution in [0.4, 0.5) is 8.78 Å². The Bertz CT molecular complexity index is 630. The van der Waals surface area contributed by atoms with E-state index in [1.807, 2.05) is 6.08 Å². The van der Waals surface area contributed by atoms with Gasteiger partial charge in [-0.05, 0) is 31.0 Å². The van der Waals surface area contributed by atoms with Crippen molar-refractivity contribution < 1.29 is 13.5 Å². The summed E-state index contributed by atoms with van der Waals surface area (Å²) in [4.78, 5) is 8.78. The first-order valence-electron chi connectivity index (χ1n) is 7.35. The van der Waals surface area contributed by atoms with Crippen LogP contribution < -0.4 is 0 Å². The summed E-state index contributed by atoms with van der Waals surface area (Å²) >= 11 is 0. The average Bonchev–Trinajstić information content (AvgIpc) is 2.52. The predicted molar refractivity (Wildman–Crippen MR) is 80.1 cm³/mol. The molecule has 4 nitrogen and oxygen atoms in total. The molecule has 0 saturated carbocycles. The maximum absolute atomic E-state index is 13.2. The van der Waals surface area contributed by atoms with Gasteiger partial charge >= 0.3 is 0 Å². The molecule has 0 N–H and O–H groups in total. The number of fused-ring (bicyclic) bond motifs is 1. The van der Waals surface area contributed by atoms with Gasteiger partial charge in [-0.15, -0.1) is 0 Å². The van der Waals surface area contributed by atoms with E-state index in [1.54, 1.807) is 0 Å². The van der Waals surface area contributed by atoms with Crippen molar-refractivity contribution in [3.05, 3.63) is 47.3 Å². The van der Waals surface area contributed by atoms with Crippen molar-refractivity contribution in [2.75, 3.05) is 20.3 Å². The third-order valence-electron chi connectivity index (χ3n) is 4.18. The Kier molecular flexibility index (Phi) is 4.00. The molecule has 3 rings (SSSR count). The molecule has 22 heavy (non-hydrogen) atoms. The summed E-state index contributed by atoms with van der Waals surface area (Å²) in [5, 5.41) is 0. The van der Waals surface area contributed by atoms with Crippen molar-refractivity contribution in [2.24, 2.45) is 4.99 Å². The minimum atomic E-state index is -0.864. The zero-order valence-electron chi connectivity index (χ0n) is 12.7. The third kappa shape index (κ3) is 2.91. The van der Waals surface area contributed by atoms with Crippen LogP contribution in [-0.4, -0.2) is 42.0 Å². The third-order valence-corrected chi connectivity index (χ3v) is 4.18. The van der Waals surface area contributed by atoms with Gasteiger partial charge in [0.25, 0.3) is 0 Å². The first kappa shape index (κ1) is 14.8. The van der Waals surface area contributed by atoms with Gasteiger partial charge in [-0.3, -0.25) is 0 Å². The summed E-state index contributed by atoms with van der Waals surface area (Å²) in [6.45, 7) is 3.90. The Hall–Kier alpha value is -2.11. The van der Waals surface area contributed by atoms with E-state index in [-0.39, 0.29) is 6.61 Å². The Labute approximate surface area is 128 Å². The Balaban J connectivity index is 1.67. The molecule has 1 aromatic carbocycles. The van der Waals surface area contributed by atoms with E-state index >= 15 is 0 Å². The van der Waals surface area contributed by atoms with Crippen molar-refractivity contribution in [2.45, 2.75) is 26.0 Å². The van der Waals surface area contributed by atoms with Gasteiger partial charge in [0.05, 0.1) is 0 Å². The topological polar surface area (TPSA) is 28.1 Å². The largest absolute Gasteiger partial charge is 0.473 e. The van der Waals surface area contributed by atoms with Crippen LogP contribution >= 0.6 is 0 Å². The molecular weight excluding hydrogens is 288 g/mol. The Morgan fingerprint density at radius 2 is 2.14 bits per heavy atom. The Morgan fingerprint density at radius 3 is 2.91 bits per heavy atom. The molecule has 1 saturated heterocycles. The van der Waals surface area contributed by atoms with Gasteiger partial charge in [0.1, 0.15) is 19.1 Å². The first-order valence-corrected chi connectivity index (χ1v) is 7.35. The Morgan fingerprint density at radius 1 is 1.32 bits per heavy atom. The fourth-order valence-corrected chi connectivity index (χ4v) is 2.62. The van der Waals surface area contributed by atoms with Gasteiger partial charge in [-0.1, -0.05) is 6.07 Å². The number of aliphatic imine (C=N–C) groups is 1. The lowest BCUT2D eigenvalue weighted by Crippen LogP contribution is -2.47. The first-order chi connectivity index (χ1) is 10.5. The summed E-state index contributed by atoms with van der Waals surface area (Å²) in [7, 11) is 2.06. The predicted octanol–water partition coefficient (Wildman–Crippen LogP) is 2.72. The number of benzene rings is 1. The average molecular weight is 307 g/mol. The standard InChI is InChI=1S/C16H19F2N3O/c1-11-5-6-21-10-19-15(8-16(21)20(11)2)22-9-12-3-4-13(17)14(18)7-12/h3-4,7-8,11H,5-6,9-10H2,1-2H3/t11-/m1/s1. The van der Waals surface area contributed by atoms with E-state index in [9.17, 15) is 8.78 Å². The van der Waals surface area contributed by atoms with Crippen LogP contribution in [-0.2, 0) is 11.3 Å². The van der Waals surface area contributed by atoms with E-state index < -0.39 is 11.6 Å². The van der Waals surface area contributed by atoms with Crippen LogP contribution in [0, 0.1) is 11.6 Å². The van der Waals surface area contributed by atoms with Crippen molar-refractivity contribution in [3.8, 4) is 0 Å². The highest BCUT2D eigenvalue weighted by Crippen LogP contribution is 2.24. The molecule has 0 amide bonds. The lowest BCUT2D eigenvalue weighted by molar-refractivity contribution is 0.133. The smallest absolute Gasteiger partial charge is 0.214 e. The molecule has 2 aliphatic rings. The van der Waals surface area contributed by atoms with Crippen LogP contribution in [0.2, 0.25) is 0 Å².